The molecule has 0 atom stereocenters. The molecule has 1 fully saturated rings. The molecule has 2 aromatic rings. The van der Waals surface area contributed by atoms with Gasteiger partial charge in [-0.1, -0.05) is 6.07 Å². The summed E-state index contributed by atoms with van der Waals surface area (Å²) in [6, 6.07) is 5.93. The molecule has 2 heterocycles. The Labute approximate surface area is 142 Å². The molecule has 10 nitrogen and oxygen atoms in total. The van der Waals surface area contributed by atoms with E-state index in [4.69, 9.17) is 5.21 Å². The van der Waals surface area contributed by atoms with Gasteiger partial charge in [0, 0.05) is 44.6 Å². The van der Waals surface area contributed by atoms with E-state index in [1.165, 1.54) is 18.2 Å². The van der Waals surface area contributed by atoms with E-state index < -0.39 is 10.8 Å². The summed E-state index contributed by atoms with van der Waals surface area (Å²) in [5, 5.41) is 20.3. The van der Waals surface area contributed by atoms with Gasteiger partial charge >= 0.3 is 0 Å². The van der Waals surface area contributed by atoms with Crippen LogP contribution in [0, 0.1) is 10.1 Å². The number of nitro benzene ring substituents is 1. The normalized spacial score (nSPS) is 14.3. The molecule has 130 valence electrons. The third-order valence-corrected chi connectivity index (χ3v) is 3.99. The molecule has 1 aromatic heterocycles. The topological polar surface area (TPSA) is 125 Å². The van der Waals surface area contributed by atoms with Crippen LogP contribution in [0.1, 0.15) is 10.4 Å². The minimum Gasteiger partial charge on any atom is -0.362 e. The number of hydroxylamine groups is 1. The van der Waals surface area contributed by atoms with Crippen LogP contribution in [0.15, 0.2) is 36.7 Å². The number of piperazine rings is 1. The van der Waals surface area contributed by atoms with E-state index in [1.807, 2.05) is 4.90 Å². The molecule has 0 bridgehead atoms. The van der Waals surface area contributed by atoms with Crippen LogP contribution in [-0.4, -0.2) is 52.2 Å². The van der Waals surface area contributed by atoms with Gasteiger partial charge in [0.05, 0.1) is 10.5 Å². The first-order valence-electron chi connectivity index (χ1n) is 7.60. The lowest BCUT2D eigenvalue weighted by Gasteiger charge is -2.36. The van der Waals surface area contributed by atoms with E-state index in [9.17, 15) is 14.9 Å². The van der Waals surface area contributed by atoms with Crippen LogP contribution in [0.2, 0.25) is 0 Å². The predicted molar refractivity (Wildman–Crippen MR) is 88.8 cm³/mol. The van der Waals surface area contributed by atoms with E-state index in [2.05, 4.69) is 9.97 Å². The summed E-state index contributed by atoms with van der Waals surface area (Å²) in [5.74, 6) is -0.189. The van der Waals surface area contributed by atoms with Crippen LogP contribution in [0.25, 0.3) is 0 Å². The Balaban J connectivity index is 1.87. The fourth-order valence-electron chi connectivity index (χ4n) is 2.84. The summed E-state index contributed by atoms with van der Waals surface area (Å²) in [4.78, 5) is 34.9. The fourth-order valence-corrected chi connectivity index (χ4v) is 2.84. The number of aromatic nitrogens is 2. The van der Waals surface area contributed by atoms with Crippen molar-refractivity contribution in [1.29, 1.82) is 0 Å². The standard InChI is InChI=1S/C15H16N6O4/c22-14(18-23)11-3-1-4-12(21(24)25)13(11)19-7-9-20(10-8-19)15-16-5-2-6-17-15/h1-6,23H,7-10H2,(H,18,22). The number of hydrogen-bond acceptors (Lipinski definition) is 8. The number of para-hydroxylation sites is 1. The number of benzene rings is 1. The zero-order valence-electron chi connectivity index (χ0n) is 13.2. The third-order valence-electron chi connectivity index (χ3n) is 3.99. The second-order valence-electron chi connectivity index (χ2n) is 5.39. The molecule has 2 N–H and O–H groups in total. The van der Waals surface area contributed by atoms with Crippen LogP contribution in [-0.2, 0) is 0 Å². The lowest BCUT2D eigenvalue weighted by Crippen LogP contribution is -2.47. The zero-order valence-corrected chi connectivity index (χ0v) is 13.2. The van der Waals surface area contributed by atoms with Gasteiger partial charge in [0.15, 0.2) is 0 Å². The van der Waals surface area contributed by atoms with Crippen molar-refractivity contribution in [3.63, 3.8) is 0 Å². The van der Waals surface area contributed by atoms with Gasteiger partial charge in [-0.05, 0) is 12.1 Å². The predicted octanol–water partition coefficient (Wildman–Crippen LogP) is 0.830. The smallest absolute Gasteiger partial charge is 0.293 e. The fraction of sp³-hybridized carbons (Fsp3) is 0.267. The minimum absolute atomic E-state index is 0.0566. The molecular weight excluding hydrogens is 328 g/mol. The number of hydrogen-bond donors (Lipinski definition) is 2. The first-order valence-corrected chi connectivity index (χ1v) is 7.60. The number of carbonyl (C=O) groups is 1. The van der Waals surface area contributed by atoms with Gasteiger partial charge in [-0.15, -0.1) is 0 Å². The van der Waals surface area contributed by atoms with E-state index in [0.717, 1.165) is 0 Å². The molecule has 1 amide bonds. The number of nitrogens with zero attached hydrogens (tertiary/aromatic N) is 5. The van der Waals surface area contributed by atoms with Gasteiger partial charge in [-0.2, -0.15) is 0 Å². The molecule has 0 unspecified atom stereocenters. The van der Waals surface area contributed by atoms with Crippen molar-refractivity contribution in [2.75, 3.05) is 36.0 Å². The van der Waals surface area contributed by atoms with Crippen molar-refractivity contribution in [2.45, 2.75) is 0 Å². The molecule has 1 saturated heterocycles. The number of nitro groups is 1. The monoisotopic (exact) mass is 344 g/mol. The summed E-state index contributed by atoms with van der Waals surface area (Å²) in [6.45, 7) is 2.01. The Bertz CT molecular complexity index is 777. The molecule has 1 aliphatic rings. The molecule has 3 rings (SSSR count). The van der Waals surface area contributed by atoms with Gasteiger partial charge in [-0.3, -0.25) is 20.1 Å². The molecule has 0 saturated carbocycles. The average molecular weight is 344 g/mol. The highest BCUT2D eigenvalue weighted by molar-refractivity contribution is 6.01. The Morgan fingerprint density at radius 2 is 1.76 bits per heavy atom. The number of amides is 1. The Morgan fingerprint density at radius 3 is 2.36 bits per heavy atom. The summed E-state index contributed by atoms with van der Waals surface area (Å²) >= 11 is 0. The second-order valence-corrected chi connectivity index (χ2v) is 5.39. The van der Waals surface area contributed by atoms with Gasteiger partial charge < -0.3 is 9.80 Å². The largest absolute Gasteiger partial charge is 0.362 e. The minimum atomic E-state index is -0.785. The maximum Gasteiger partial charge on any atom is 0.293 e. The lowest BCUT2D eigenvalue weighted by atomic mass is 10.1. The van der Waals surface area contributed by atoms with Crippen molar-refractivity contribution >= 4 is 23.2 Å². The molecule has 25 heavy (non-hydrogen) atoms. The van der Waals surface area contributed by atoms with Gasteiger partial charge in [0.2, 0.25) is 5.95 Å². The SMILES string of the molecule is O=C(NO)c1cccc([N+](=O)[O-])c1N1CCN(c2ncccn2)CC1. The van der Waals surface area contributed by atoms with Crippen LogP contribution >= 0.6 is 0 Å². The summed E-state index contributed by atoms with van der Waals surface area (Å²) < 4.78 is 0. The first-order chi connectivity index (χ1) is 12.1. The molecule has 1 aromatic carbocycles. The number of rotatable bonds is 4. The molecule has 1 aliphatic heterocycles. The van der Waals surface area contributed by atoms with Crippen LogP contribution in [0.3, 0.4) is 0 Å². The van der Waals surface area contributed by atoms with Crippen LogP contribution in [0.4, 0.5) is 17.3 Å². The summed E-state index contributed by atoms with van der Waals surface area (Å²) in [7, 11) is 0. The van der Waals surface area contributed by atoms with E-state index in [1.54, 1.807) is 28.8 Å². The highest BCUT2D eigenvalue weighted by Crippen LogP contribution is 2.33. The molecule has 10 heteroatoms. The lowest BCUT2D eigenvalue weighted by molar-refractivity contribution is -0.384. The molecule has 0 aliphatic carbocycles. The maximum absolute atomic E-state index is 11.9. The van der Waals surface area contributed by atoms with Gasteiger partial charge in [0.1, 0.15) is 5.69 Å². The van der Waals surface area contributed by atoms with Crippen LogP contribution < -0.4 is 15.3 Å². The zero-order chi connectivity index (χ0) is 17.8. The molecule has 0 spiro atoms. The quantitative estimate of drug-likeness (QED) is 0.475. The van der Waals surface area contributed by atoms with E-state index >= 15 is 0 Å². The number of nitrogens with one attached hydrogen (secondary N) is 1. The Morgan fingerprint density at radius 1 is 1.12 bits per heavy atom. The van der Waals surface area contributed by atoms with Crippen LogP contribution in [0.5, 0.6) is 0 Å². The second kappa shape index (κ2) is 7.09. The van der Waals surface area contributed by atoms with Crippen molar-refractivity contribution in [3.8, 4) is 0 Å². The van der Waals surface area contributed by atoms with Gasteiger partial charge in [0.25, 0.3) is 11.6 Å². The van der Waals surface area contributed by atoms with Crippen molar-refractivity contribution in [2.24, 2.45) is 0 Å². The number of anilines is 2. The maximum atomic E-state index is 11.9. The third kappa shape index (κ3) is 3.33. The van der Waals surface area contributed by atoms with E-state index in [-0.39, 0.29) is 16.9 Å². The van der Waals surface area contributed by atoms with Crippen molar-refractivity contribution in [3.05, 3.63) is 52.3 Å². The summed E-state index contributed by atoms with van der Waals surface area (Å²) in [6.07, 6.45) is 3.31. The van der Waals surface area contributed by atoms with Crippen molar-refractivity contribution < 1.29 is 14.9 Å². The highest BCUT2D eigenvalue weighted by atomic mass is 16.6. The molecule has 0 radical (unpaired) electrons. The Kier molecular flexibility index (Phi) is 4.70. The average Bonchev–Trinajstić information content (AvgIpc) is 2.67. The first kappa shape index (κ1) is 16.6. The summed E-state index contributed by atoms with van der Waals surface area (Å²) in [5.41, 5.74) is 1.63. The van der Waals surface area contributed by atoms with E-state index in [0.29, 0.717) is 32.1 Å². The van der Waals surface area contributed by atoms with Crippen molar-refractivity contribution in [1.82, 2.24) is 15.4 Å². The van der Waals surface area contributed by atoms with Gasteiger partial charge in [-0.25, -0.2) is 15.4 Å². The number of carbonyl (C=O) groups excluding carboxylic acids is 1. The Hall–Kier alpha value is -3.27. The highest BCUT2D eigenvalue weighted by Gasteiger charge is 2.29. The molecular formula is C15H16N6O4.